The Hall–Kier alpha value is -3.47. The van der Waals surface area contributed by atoms with E-state index >= 15 is 0 Å². The maximum absolute atomic E-state index is 14.4. The number of rotatable bonds is 14. The second kappa shape index (κ2) is 15.5. The fourth-order valence-corrected chi connectivity index (χ4v) is 6.42. The fourth-order valence-electron chi connectivity index (χ4n) is 4.54. The maximum Gasteiger partial charge on any atom is 0.264 e. The highest BCUT2D eigenvalue weighted by Gasteiger charge is 2.35. The molecule has 3 aromatic carbocycles. The van der Waals surface area contributed by atoms with Gasteiger partial charge in [0.15, 0.2) is 0 Å². The number of nitrogens with zero attached hydrogens (tertiary/aromatic N) is 2. The average Bonchev–Trinajstić information content (AvgIpc) is 3.00. The largest absolute Gasteiger partial charge is 0.497 e. The molecule has 0 spiro atoms. The molecule has 1 N–H and O–H groups in total. The number of carbonyl (C=O) groups excluding carboxylic acids is 2. The molecule has 0 aromatic heterocycles. The van der Waals surface area contributed by atoms with Gasteiger partial charge in [0.25, 0.3) is 10.0 Å². The summed E-state index contributed by atoms with van der Waals surface area (Å²) in [4.78, 5) is 29.2. The lowest BCUT2D eigenvalue weighted by Gasteiger charge is -2.34. The number of ether oxygens (including phenoxy) is 2. The van der Waals surface area contributed by atoms with Crippen molar-refractivity contribution in [3.05, 3.63) is 81.8 Å². The van der Waals surface area contributed by atoms with Gasteiger partial charge in [0.1, 0.15) is 24.1 Å². The minimum atomic E-state index is -4.31. The van der Waals surface area contributed by atoms with Gasteiger partial charge in [0.2, 0.25) is 11.8 Å². The molecule has 3 rings (SSSR count). The third-order valence-corrected chi connectivity index (χ3v) is 9.65. The topological polar surface area (TPSA) is 105 Å². The van der Waals surface area contributed by atoms with E-state index in [1.165, 1.54) is 37.3 Å². The number of hydrogen-bond donors (Lipinski definition) is 1. The monoisotopic (exact) mass is 663 g/mol. The Balaban J connectivity index is 2.17. The Morgan fingerprint density at radius 2 is 1.61 bits per heavy atom. The van der Waals surface area contributed by atoms with E-state index in [9.17, 15) is 18.0 Å². The molecule has 0 aliphatic heterocycles. The summed E-state index contributed by atoms with van der Waals surface area (Å²) in [6.45, 7) is 6.75. The highest BCUT2D eigenvalue weighted by molar-refractivity contribution is 7.92. The highest BCUT2D eigenvalue weighted by Crippen LogP contribution is 2.36. The summed E-state index contributed by atoms with van der Waals surface area (Å²) in [5.41, 5.74) is 1.52. The van der Waals surface area contributed by atoms with Crippen LogP contribution in [0.5, 0.6) is 11.5 Å². The summed E-state index contributed by atoms with van der Waals surface area (Å²) in [5, 5.41) is 3.68. The van der Waals surface area contributed by atoms with Crippen molar-refractivity contribution in [1.29, 1.82) is 0 Å². The molecule has 44 heavy (non-hydrogen) atoms. The van der Waals surface area contributed by atoms with Crippen molar-refractivity contribution in [2.45, 2.75) is 64.1 Å². The quantitative estimate of drug-likeness (QED) is 0.219. The first-order valence-electron chi connectivity index (χ1n) is 14.2. The van der Waals surface area contributed by atoms with E-state index < -0.39 is 28.5 Å². The van der Waals surface area contributed by atoms with Crippen LogP contribution in [-0.2, 0) is 26.2 Å². The normalized spacial score (nSPS) is 12.6. The molecule has 0 aliphatic carbocycles. The van der Waals surface area contributed by atoms with Crippen molar-refractivity contribution in [1.82, 2.24) is 10.2 Å². The third kappa shape index (κ3) is 8.37. The van der Waals surface area contributed by atoms with Gasteiger partial charge in [-0.25, -0.2) is 8.42 Å². The van der Waals surface area contributed by atoms with Gasteiger partial charge in [-0.2, -0.15) is 0 Å². The lowest BCUT2D eigenvalue weighted by molar-refractivity contribution is -0.140. The fraction of sp³-hybridized carbons (Fsp3) is 0.375. The van der Waals surface area contributed by atoms with Crippen molar-refractivity contribution < 1.29 is 27.5 Å². The second-order valence-corrected chi connectivity index (χ2v) is 13.1. The van der Waals surface area contributed by atoms with Crippen LogP contribution in [-0.4, -0.2) is 58.0 Å². The SMILES string of the molecule is CC[C@H](C)NC(=O)[C@H](CC)N(Cc1ccc(Cl)cc1Cl)C(=O)CN(c1cc(OC)ccc1OC)S(=O)(=O)c1ccc(C)cc1. The molecular formula is C32H39Cl2N3O6S. The minimum Gasteiger partial charge on any atom is -0.497 e. The van der Waals surface area contributed by atoms with E-state index in [0.717, 1.165) is 9.87 Å². The van der Waals surface area contributed by atoms with Crippen molar-refractivity contribution in [3.8, 4) is 11.5 Å². The van der Waals surface area contributed by atoms with E-state index in [-0.39, 0.29) is 41.2 Å². The molecule has 0 radical (unpaired) electrons. The van der Waals surface area contributed by atoms with Gasteiger partial charge < -0.3 is 19.7 Å². The highest BCUT2D eigenvalue weighted by atomic mass is 35.5. The number of nitrogens with one attached hydrogen (secondary N) is 1. The smallest absolute Gasteiger partial charge is 0.264 e. The number of carbonyl (C=O) groups is 2. The molecule has 12 heteroatoms. The van der Waals surface area contributed by atoms with Crippen LogP contribution in [0.4, 0.5) is 5.69 Å². The number of benzene rings is 3. The molecule has 3 aromatic rings. The van der Waals surface area contributed by atoms with Crippen LogP contribution in [0.3, 0.4) is 0 Å². The summed E-state index contributed by atoms with van der Waals surface area (Å²) in [7, 11) is -1.45. The van der Waals surface area contributed by atoms with Gasteiger partial charge in [-0.05, 0) is 68.7 Å². The molecule has 0 fully saturated rings. The zero-order valence-corrected chi connectivity index (χ0v) is 28.1. The van der Waals surface area contributed by atoms with Crippen LogP contribution >= 0.6 is 23.2 Å². The Kier molecular flexibility index (Phi) is 12.3. The molecular weight excluding hydrogens is 625 g/mol. The molecule has 0 heterocycles. The average molecular weight is 665 g/mol. The van der Waals surface area contributed by atoms with E-state index in [2.05, 4.69) is 5.32 Å². The van der Waals surface area contributed by atoms with E-state index in [1.54, 1.807) is 49.4 Å². The van der Waals surface area contributed by atoms with Crippen LogP contribution in [0.2, 0.25) is 10.0 Å². The van der Waals surface area contributed by atoms with Crippen LogP contribution in [0, 0.1) is 6.92 Å². The van der Waals surface area contributed by atoms with Gasteiger partial charge in [-0.3, -0.25) is 13.9 Å². The number of amides is 2. The third-order valence-electron chi connectivity index (χ3n) is 7.29. The molecule has 0 bridgehead atoms. The van der Waals surface area contributed by atoms with Crippen LogP contribution < -0.4 is 19.1 Å². The summed E-state index contributed by atoms with van der Waals surface area (Å²) in [6.07, 6.45) is 0.962. The summed E-state index contributed by atoms with van der Waals surface area (Å²) < 4.78 is 40.3. The Bertz CT molecular complexity index is 1570. The van der Waals surface area contributed by atoms with Crippen LogP contribution in [0.25, 0.3) is 0 Å². The number of methoxy groups -OCH3 is 2. The molecule has 0 saturated carbocycles. The minimum absolute atomic E-state index is 0.0189. The van der Waals surface area contributed by atoms with Gasteiger partial charge >= 0.3 is 0 Å². The number of sulfonamides is 1. The number of hydrogen-bond acceptors (Lipinski definition) is 6. The molecule has 9 nitrogen and oxygen atoms in total. The molecule has 0 unspecified atom stereocenters. The molecule has 2 atom stereocenters. The Morgan fingerprint density at radius 3 is 2.18 bits per heavy atom. The summed E-state index contributed by atoms with van der Waals surface area (Å²) in [6, 6.07) is 14.8. The first-order valence-corrected chi connectivity index (χ1v) is 16.4. The van der Waals surface area contributed by atoms with Crippen molar-refractivity contribution >= 4 is 50.7 Å². The second-order valence-electron chi connectivity index (χ2n) is 10.4. The van der Waals surface area contributed by atoms with E-state index in [0.29, 0.717) is 27.8 Å². The standard InChI is InChI=1S/C32H39Cl2N3O6S/c1-7-22(4)35-32(39)28(8-2)36(19-23-11-12-24(33)17-27(23)34)31(38)20-37(29-18-25(42-5)13-16-30(29)43-6)44(40,41)26-14-9-21(3)10-15-26/h9-18,22,28H,7-8,19-20H2,1-6H3,(H,35,39)/t22-,28-/m0/s1. The van der Waals surface area contributed by atoms with Crippen molar-refractivity contribution in [2.24, 2.45) is 0 Å². The Labute approximate surface area is 270 Å². The van der Waals surface area contributed by atoms with Gasteiger partial charge in [-0.1, -0.05) is 60.8 Å². The Morgan fingerprint density at radius 1 is 0.932 bits per heavy atom. The predicted octanol–water partition coefficient (Wildman–Crippen LogP) is 6.24. The van der Waals surface area contributed by atoms with Crippen molar-refractivity contribution in [2.75, 3.05) is 25.1 Å². The lowest BCUT2D eigenvalue weighted by atomic mass is 10.1. The van der Waals surface area contributed by atoms with Crippen LogP contribution in [0.1, 0.15) is 44.7 Å². The summed E-state index contributed by atoms with van der Waals surface area (Å²) in [5.74, 6) is -0.403. The molecule has 0 saturated heterocycles. The zero-order valence-electron chi connectivity index (χ0n) is 25.8. The molecule has 238 valence electrons. The first kappa shape index (κ1) is 35.0. The lowest BCUT2D eigenvalue weighted by Crippen LogP contribution is -2.53. The number of halogens is 2. The summed E-state index contributed by atoms with van der Waals surface area (Å²) >= 11 is 12.6. The number of aryl methyl sites for hydroxylation is 1. The van der Waals surface area contributed by atoms with Crippen LogP contribution in [0.15, 0.2) is 65.6 Å². The predicted molar refractivity (Wildman–Crippen MR) is 174 cm³/mol. The van der Waals surface area contributed by atoms with Gasteiger partial charge in [-0.15, -0.1) is 0 Å². The molecule has 2 amide bonds. The molecule has 0 aliphatic rings. The van der Waals surface area contributed by atoms with Gasteiger partial charge in [0, 0.05) is 28.7 Å². The van der Waals surface area contributed by atoms with Crippen molar-refractivity contribution in [3.63, 3.8) is 0 Å². The zero-order chi connectivity index (χ0) is 32.6. The first-order chi connectivity index (χ1) is 20.9. The number of anilines is 1. The maximum atomic E-state index is 14.4. The van der Waals surface area contributed by atoms with E-state index in [4.69, 9.17) is 32.7 Å². The van der Waals surface area contributed by atoms with Gasteiger partial charge in [0.05, 0.1) is 24.8 Å². The van der Waals surface area contributed by atoms with E-state index in [1.807, 2.05) is 20.8 Å².